The molecule has 0 bridgehead atoms. The first-order valence-corrected chi connectivity index (χ1v) is 14.2. The van der Waals surface area contributed by atoms with Gasteiger partial charge in [-0.3, -0.25) is 13.9 Å². The molecule has 0 heterocycles. The summed E-state index contributed by atoms with van der Waals surface area (Å²) in [5.74, 6) is -1.02. The second-order valence-electron chi connectivity index (χ2n) is 8.80. The number of carbonyl (C=O) groups excluding carboxylic acids is 2. The summed E-state index contributed by atoms with van der Waals surface area (Å²) in [6, 6.07) is 15.0. The van der Waals surface area contributed by atoms with Crippen molar-refractivity contribution in [3.05, 3.63) is 92.4 Å². The summed E-state index contributed by atoms with van der Waals surface area (Å²) < 4.78 is 28.8. The summed E-state index contributed by atoms with van der Waals surface area (Å²) in [5, 5.41) is 3.70. The highest BCUT2D eigenvalue weighted by Crippen LogP contribution is 2.30. The zero-order valence-corrected chi connectivity index (χ0v) is 24.4. The molecule has 0 saturated carbocycles. The maximum Gasteiger partial charge on any atom is 0.264 e. The molecule has 1 N–H and O–H groups in total. The van der Waals surface area contributed by atoms with Gasteiger partial charge in [0.05, 0.1) is 10.6 Å². The van der Waals surface area contributed by atoms with E-state index in [-0.39, 0.29) is 11.4 Å². The highest BCUT2D eigenvalue weighted by atomic mass is 35.5. The predicted molar refractivity (Wildman–Crippen MR) is 152 cm³/mol. The number of amides is 2. The minimum Gasteiger partial charge on any atom is -0.357 e. The van der Waals surface area contributed by atoms with Gasteiger partial charge in [-0.25, -0.2) is 8.42 Å². The summed E-state index contributed by atoms with van der Waals surface area (Å²) >= 11 is 18.5. The number of rotatable bonds is 9. The van der Waals surface area contributed by atoms with E-state index in [9.17, 15) is 18.0 Å². The Kier molecular flexibility index (Phi) is 9.70. The van der Waals surface area contributed by atoms with Gasteiger partial charge >= 0.3 is 0 Å². The molecule has 0 spiro atoms. The van der Waals surface area contributed by atoms with E-state index in [4.69, 9.17) is 34.8 Å². The second-order valence-corrected chi connectivity index (χ2v) is 11.9. The maximum atomic E-state index is 13.9. The Labute approximate surface area is 238 Å². The average molecular weight is 597 g/mol. The van der Waals surface area contributed by atoms with Crippen molar-refractivity contribution in [2.24, 2.45) is 0 Å². The topological polar surface area (TPSA) is 86.8 Å². The van der Waals surface area contributed by atoms with Gasteiger partial charge in [-0.2, -0.15) is 0 Å². The van der Waals surface area contributed by atoms with Gasteiger partial charge in [0.2, 0.25) is 11.8 Å². The molecular formula is C27H28Cl3N3O4S. The van der Waals surface area contributed by atoms with Gasteiger partial charge in [-0.1, -0.05) is 58.6 Å². The van der Waals surface area contributed by atoms with Gasteiger partial charge in [-0.15, -0.1) is 0 Å². The number of hydrogen-bond acceptors (Lipinski definition) is 4. The molecule has 0 saturated heterocycles. The van der Waals surface area contributed by atoms with E-state index in [1.54, 1.807) is 56.3 Å². The monoisotopic (exact) mass is 595 g/mol. The fourth-order valence-electron chi connectivity index (χ4n) is 3.87. The molecule has 0 aliphatic rings. The number of hydrogen-bond donors (Lipinski definition) is 1. The molecule has 0 radical (unpaired) electrons. The van der Waals surface area contributed by atoms with Crippen molar-refractivity contribution < 1.29 is 18.0 Å². The van der Waals surface area contributed by atoms with E-state index in [0.717, 1.165) is 9.87 Å². The summed E-state index contributed by atoms with van der Waals surface area (Å²) in [6.45, 7) is 4.52. The van der Waals surface area contributed by atoms with E-state index in [1.165, 1.54) is 30.1 Å². The van der Waals surface area contributed by atoms with Crippen LogP contribution in [0.3, 0.4) is 0 Å². The number of nitrogens with one attached hydrogen (secondary N) is 1. The van der Waals surface area contributed by atoms with E-state index in [0.29, 0.717) is 31.9 Å². The van der Waals surface area contributed by atoms with Crippen molar-refractivity contribution in [2.75, 3.05) is 17.9 Å². The van der Waals surface area contributed by atoms with E-state index in [2.05, 4.69) is 5.32 Å². The molecular weight excluding hydrogens is 569 g/mol. The molecule has 1 atom stereocenters. The molecule has 0 unspecified atom stereocenters. The van der Waals surface area contributed by atoms with Crippen LogP contribution in [0.25, 0.3) is 0 Å². The van der Waals surface area contributed by atoms with Crippen LogP contribution in [-0.2, 0) is 26.2 Å². The smallest absolute Gasteiger partial charge is 0.264 e. The first-order chi connectivity index (χ1) is 17.8. The Bertz CT molecular complexity index is 1450. The van der Waals surface area contributed by atoms with Crippen molar-refractivity contribution in [2.45, 2.75) is 38.3 Å². The van der Waals surface area contributed by atoms with Crippen molar-refractivity contribution in [3.63, 3.8) is 0 Å². The van der Waals surface area contributed by atoms with E-state index >= 15 is 0 Å². The molecule has 202 valence electrons. The molecule has 11 heteroatoms. The number of anilines is 1. The van der Waals surface area contributed by atoms with Gasteiger partial charge in [-0.05, 0) is 74.4 Å². The average Bonchev–Trinajstić information content (AvgIpc) is 2.86. The lowest BCUT2D eigenvalue weighted by Gasteiger charge is -2.32. The van der Waals surface area contributed by atoms with Crippen molar-refractivity contribution in [3.8, 4) is 0 Å². The lowest BCUT2D eigenvalue weighted by molar-refractivity contribution is -0.139. The molecule has 7 nitrogen and oxygen atoms in total. The standard InChI is InChI=1S/C27H28Cl3N3O4S/c1-17-5-10-23(11-6-17)38(36,37)33(25-12-9-21(28)13-18(25)2)16-26(34)32(19(3)27(35)31-4)15-20-7-8-22(29)14-24(20)30/h5-14,19H,15-16H2,1-4H3,(H,31,35)/t19-/m0/s1. The third-order valence-electron chi connectivity index (χ3n) is 6.08. The minimum absolute atomic E-state index is 0.0249. The van der Waals surface area contributed by atoms with Gasteiger partial charge in [0, 0.05) is 28.7 Å². The van der Waals surface area contributed by atoms with E-state index < -0.39 is 34.4 Å². The quantitative estimate of drug-likeness (QED) is 0.347. The van der Waals surface area contributed by atoms with Crippen LogP contribution >= 0.6 is 34.8 Å². The summed E-state index contributed by atoms with van der Waals surface area (Å²) in [6.07, 6.45) is 0. The Morgan fingerprint density at radius 2 is 1.53 bits per heavy atom. The SMILES string of the molecule is CNC(=O)[C@H](C)N(Cc1ccc(Cl)cc1Cl)C(=O)CN(c1ccc(Cl)cc1C)S(=O)(=O)c1ccc(C)cc1. The Balaban J connectivity index is 2.08. The lowest BCUT2D eigenvalue weighted by atomic mass is 10.1. The van der Waals surface area contributed by atoms with Gasteiger partial charge in [0.1, 0.15) is 12.6 Å². The number of nitrogens with zero attached hydrogens (tertiary/aromatic N) is 2. The number of carbonyl (C=O) groups is 2. The summed E-state index contributed by atoms with van der Waals surface area (Å²) in [5.41, 5.74) is 2.29. The molecule has 0 fully saturated rings. The minimum atomic E-state index is -4.17. The number of halogens is 3. The molecule has 0 aliphatic heterocycles. The van der Waals surface area contributed by atoms with Crippen molar-refractivity contribution >= 4 is 62.3 Å². The van der Waals surface area contributed by atoms with Crippen LogP contribution in [0.4, 0.5) is 5.69 Å². The summed E-state index contributed by atoms with van der Waals surface area (Å²) in [7, 11) is -2.71. The number of likely N-dealkylation sites (N-methyl/N-ethyl adjacent to an activating group) is 1. The number of benzene rings is 3. The third-order valence-corrected chi connectivity index (χ3v) is 8.68. The molecule has 3 aromatic carbocycles. The Morgan fingerprint density at radius 3 is 2.11 bits per heavy atom. The predicted octanol–water partition coefficient (Wildman–Crippen LogP) is 5.62. The molecule has 0 aromatic heterocycles. The van der Waals surface area contributed by atoms with Crippen molar-refractivity contribution in [1.29, 1.82) is 0 Å². The highest BCUT2D eigenvalue weighted by molar-refractivity contribution is 7.92. The van der Waals surface area contributed by atoms with Crippen LogP contribution in [0.5, 0.6) is 0 Å². The van der Waals surface area contributed by atoms with E-state index in [1.807, 2.05) is 6.92 Å². The lowest BCUT2D eigenvalue weighted by Crippen LogP contribution is -2.50. The van der Waals surface area contributed by atoms with Gasteiger partial charge in [0.25, 0.3) is 10.0 Å². The Hall–Kier alpha value is -2.78. The first kappa shape index (κ1) is 29.8. The molecule has 0 aliphatic carbocycles. The number of sulfonamides is 1. The van der Waals surface area contributed by atoms with Crippen LogP contribution < -0.4 is 9.62 Å². The van der Waals surface area contributed by atoms with Gasteiger partial charge < -0.3 is 10.2 Å². The largest absolute Gasteiger partial charge is 0.357 e. The molecule has 2 amide bonds. The van der Waals surface area contributed by atoms with Crippen LogP contribution in [0.1, 0.15) is 23.6 Å². The third kappa shape index (κ3) is 6.80. The van der Waals surface area contributed by atoms with Crippen LogP contribution in [0, 0.1) is 13.8 Å². The fraction of sp³-hybridized carbons (Fsp3) is 0.259. The maximum absolute atomic E-state index is 13.9. The molecule has 3 rings (SSSR count). The zero-order valence-electron chi connectivity index (χ0n) is 21.3. The van der Waals surface area contributed by atoms with Gasteiger partial charge in [0.15, 0.2) is 0 Å². The zero-order chi connectivity index (χ0) is 28.2. The van der Waals surface area contributed by atoms with Crippen molar-refractivity contribution in [1.82, 2.24) is 10.2 Å². The van der Waals surface area contributed by atoms with Crippen LogP contribution in [-0.4, -0.2) is 44.8 Å². The highest BCUT2D eigenvalue weighted by Gasteiger charge is 2.33. The fourth-order valence-corrected chi connectivity index (χ4v) is 6.05. The first-order valence-electron chi connectivity index (χ1n) is 11.7. The second kappa shape index (κ2) is 12.4. The molecule has 38 heavy (non-hydrogen) atoms. The Morgan fingerprint density at radius 1 is 0.921 bits per heavy atom. The number of aryl methyl sites for hydroxylation is 2. The molecule has 3 aromatic rings. The normalized spacial score (nSPS) is 12.1. The van der Waals surface area contributed by atoms with Crippen LogP contribution in [0.2, 0.25) is 15.1 Å². The van der Waals surface area contributed by atoms with Crippen LogP contribution in [0.15, 0.2) is 65.6 Å². The summed E-state index contributed by atoms with van der Waals surface area (Å²) in [4.78, 5) is 27.7.